The fourth-order valence-electron chi connectivity index (χ4n) is 2.31. The summed E-state index contributed by atoms with van der Waals surface area (Å²) in [6, 6.07) is 16.7. The zero-order valence-corrected chi connectivity index (χ0v) is 13.1. The second-order valence-electron chi connectivity index (χ2n) is 5.09. The first-order chi connectivity index (χ1) is 11.2. The molecule has 0 aliphatic heterocycles. The Hall–Kier alpha value is -2.59. The van der Waals surface area contributed by atoms with E-state index >= 15 is 0 Å². The summed E-state index contributed by atoms with van der Waals surface area (Å²) in [6.45, 7) is 0.876. The number of amides is 1. The van der Waals surface area contributed by atoms with Crippen molar-refractivity contribution in [3.8, 4) is 0 Å². The molecule has 0 atom stereocenters. The van der Waals surface area contributed by atoms with Gasteiger partial charge in [-0.3, -0.25) is 4.79 Å². The molecule has 1 amide bonds. The Morgan fingerprint density at radius 1 is 1.09 bits per heavy atom. The van der Waals surface area contributed by atoms with Crippen LogP contribution in [0.15, 0.2) is 71.5 Å². The Balaban J connectivity index is 1.86. The lowest BCUT2D eigenvalue weighted by atomic mass is 10.1. The van der Waals surface area contributed by atoms with E-state index < -0.39 is 0 Å². The fourth-order valence-corrected chi connectivity index (χ4v) is 2.49. The molecule has 23 heavy (non-hydrogen) atoms. The van der Waals surface area contributed by atoms with Gasteiger partial charge in [-0.1, -0.05) is 41.9 Å². The standard InChI is InChI=1S/C18H15ClN2O2/c19-17-11-15(8-9-20-17)18(22)21(13-16-7-4-10-23-16)12-14-5-2-1-3-6-14/h1-11H,12-13H2. The Morgan fingerprint density at radius 3 is 2.61 bits per heavy atom. The molecule has 0 saturated carbocycles. The Kier molecular flexibility index (Phi) is 4.74. The van der Waals surface area contributed by atoms with E-state index in [9.17, 15) is 4.79 Å². The van der Waals surface area contributed by atoms with Crippen molar-refractivity contribution in [1.82, 2.24) is 9.88 Å². The molecule has 2 aromatic heterocycles. The van der Waals surface area contributed by atoms with Gasteiger partial charge >= 0.3 is 0 Å². The van der Waals surface area contributed by atoms with Gasteiger partial charge in [0.25, 0.3) is 5.91 Å². The molecule has 0 aliphatic carbocycles. The van der Waals surface area contributed by atoms with Crippen LogP contribution in [0.4, 0.5) is 0 Å². The minimum absolute atomic E-state index is 0.116. The molecule has 0 saturated heterocycles. The van der Waals surface area contributed by atoms with E-state index in [2.05, 4.69) is 4.98 Å². The van der Waals surface area contributed by atoms with Crippen molar-refractivity contribution < 1.29 is 9.21 Å². The van der Waals surface area contributed by atoms with E-state index in [1.165, 1.54) is 6.20 Å². The van der Waals surface area contributed by atoms with Gasteiger partial charge < -0.3 is 9.32 Å². The second-order valence-corrected chi connectivity index (χ2v) is 5.48. The first kappa shape index (κ1) is 15.3. The molecule has 0 radical (unpaired) electrons. The maximum Gasteiger partial charge on any atom is 0.254 e. The van der Waals surface area contributed by atoms with Crippen LogP contribution in [0.2, 0.25) is 5.15 Å². The molecular weight excluding hydrogens is 312 g/mol. The number of hydrogen-bond acceptors (Lipinski definition) is 3. The predicted octanol–water partition coefficient (Wildman–Crippen LogP) is 4.17. The van der Waals surface area contributed by atoms with E-state index in [4.69, 9.17) is 16.0 Å². The van der Waals surface area contributed by atoms with Gasteiger partial charge in [-0.25, -0.2) is 4.98 Å². The number of carbonyl (C=O) groups excluding carboxylic acids is 1. The van der Waals surface area contributed by atoms with Gasteiger partial charge in [0.1, 0.15) is 10.9 Å². The van der Waals surface area contributed by atoms with Crippen molar-refractivity contribution >= 4 is 17.5 Å². The molecule has 0 bridgehead atoms. The number of hydrogen-bond donors (Lipinski definition) is 0. The van der Waals surface area contributed by atoms with Gasteiger partial charge in [-0.05, 0) is 29.8 Å². The molecule has 0 unspecified atom stereocenters. The highest BCUT2D eigenvalue weighted by Crippen LogP contribution is 2.16. The fraction of sp³-hybridized carbons (Fsp3) is 0.111. The predicted molar refractivity (Wildman–Crippen MR) is 88.0 cm³/mol. The highest BCUT2D eigenvalue weighted by atomic mass is 35.5. The Bertz CT molecular complexity index is 773. The summed E-state index contributed by atoms with van der Waals surface area (Å²) in [7, 11) is 0. The van der Waals surface area contributed by atoms with Crippen molar-refractivity contribution in [1.29, 1.82) is 0 Å². The minimum Gasteiger partial charge on any atom is -0.467 e. The van der Waals surface area contributed by atoms with Crippen molar-refractivity contribution in [3.05, 3.63) is 89.1 Å². The van der Waals surface area contributed by atoms with Gasteiger partial charge in [0, 0.05) is 18.3 Å². The van der Waals surface area contributed by atoms with Crippen LogP contribution in [0, 0.1) is 0 Å². The molecule has 1 aromatic carbocycles. The van der Waals surface area contributed by atoms with Gasteiger partial charge in [-0.2, -0.15) is 0 Å². The zero-order chi connectivity index (χ0) is 16.1. The molecule has 3 rings (SSSR count). The summed E-state index contributed by atoms with van der Waals surface area (Å²) in [5.74, 6) is 0.615. The third kappa shape index (κ3) is 3.99. The van der Waals surface area contributed by atoms with Crippen molar-refractivity contribution in [3.63, 3.8) is 0 Å². The molecule has 4 nitrogen and oxygen atoms in total. The van der Waals surface area contributed by atoms with Gasteiger partial charge in [-0.15, -0.1) is 0 Å². The third-order valence-corrected chi connectivity index (χ3v) is 3.61. The van der Waals surface area contributed by atoms with Crippen LogP contribution < -0.4 is 0 Å². The first-order valence-electron chi connectivity index (χ1n) is 7.19. The summed E-state index contributed by atoms with van der Waals surface area (Å²) in [5, 5.41) is 0.300. The number of nitrogens with zero attached hydrogens (tertiary/aromatic N) is 2. The van der Waals surface area contributed by atoms with Crippen molar-refractivity contribution in [2.45, 2.75) is 13.1 Å². The summed E-state index contributed by atoms with van der Waals surface area (Å²) >= 11 is 5.90. The third-order valence-electron chi connectivity index (χ3n) is 3.40. The van der Waals surface area contributed by atoms with E-state index in [1.54, 1.807) is 23.3 Å². The molecule has 0 N–H and O–H groups in total. The molecule has 5 heteroatoms. The minimum atomic E-state index is -0.116. The number of aromatic nitrogens is 1. The topological polar surface area (TPSA) is 46.3 Å². The molecule has 0 fully saturated rings. The number of carbonyl (C=O) groups is 1. The average molecular weight is 327 g/mol. The highest BCUT2D eigenvalue weighted by Gasteiger charge is 2.18. The van der Waals surface area contributed by atoms with Crippen molar-refractivity contribution in [2.75, 3.05) is 0 Å². The molecule has 0 spiro atoms. The van der Waals surface area contributed by atoms with Crippen LogP contribution in [0.1, 0.15) is 21.7 Å². The maximum absolute atomic E-state index is 12.8. The number of pyridine rings is 1. The number of furan rings is 1. The van der Waals surface area contributed by atoms with Crippen molar-refractivity contribution in [2.24, 2.45) is 0 Å². The summed E-state index contributed by atoms with van der Waals surface area (Å²) < 4.78 is 5.38. The summed E-state index contributed by atoms with van der Waals surface area (Å²) in [5.41, 5.74) is 1.56. The van der Waals surface area contributed by atoms with E-state index in [0.717, 1.165) is 11.3 Å². The first-order valence-corrected chi connectivity index (χ1v) is 7.57. The van der Waals surface area contributed by atoms with Crippen LogP contribution in [0.3, 0.4) is 0 Å². The van der Waals surface area contributed by atoms with E-state index in [0.29, 0.717) is 23.8 Å². The lowest BCUT2D eigenvalue weighted by Gasteiger charge is -2.22. The monoisotopic (exact) mass is 326 g/mol. The lowest BCUT2D eigenvalue weighted by Crippen LogP contribution is -2.30. The van der Waals surface area contributed by atoms with Gasteiger partial charge in [0.05, 0.1) is 12.8 Å². The number of halogens is 1. The summed E-state index contributed by atoms with van der Waals surface area (Å²) in [4.78, 5) is 18.5. The van der Waals surface area contributed by atoms with Gasteiger partial charge in [0.15, 0.2) is 0 Å². The number of rotatable bonds is 5. The van der Waals surface area contributed by atoms with Gasteiger partial charge in [0.2, 0.25) is 0 Å². The molecule has 3 aromatic rings. The van der Waals surface area contributed by atoms with E-state index in [-0.39, 0.29) is 5.91 Å². The molecule has 2 heterocycles. The van der Waals surface area contributed by atoms with E-state index in [1.807, 2.05) is 42.5 Å². The molecule has 0 aliphatic rings. The number of benzene rings is 1. The largest absolute Gasteiger partial charge is 0.467 e. The average Bonchev–Trinajstić information content (AvgIpc) is 3.08. The Morgan fingerprint density at radius 2 is 1.91 bits per heavy atom. The zero-order valence-electron chi connectivity index (χ0n) is 12.4. The second kappa shape index (κ2) is 7.11. The van der Waals surface area contributed by atoms with Crippen LogP contribution in [0.5, 0.6) is 0 Å². The SMILES string of the molecule is O=C(c1ccnc(Cl)c1)N(Cc1ccccc1)Cc1ccco1. The lowest BCUT2D eigenvalue weighted by molar-refractivity contribution is 0.0717. The molecule has 116 valence electrons. The maximum atomic E-state index is 12.8. The molecular formula is C18H15ClN2O2. The van der Waals surface area contributed by atoms with Crippen LogP contribution in [-0.2, 0) is 13.1 Å². The highest BCUT2D eigenvalue weighted by molar-refractivity contribution is 6.29. The summed E-state index contributed by atoms with van der Waals surface area (Å²) in [6.07, 6.45) is 3.13. The smallest absolute Gasteiger partial charge is 0.254 e. The van der Waals surface area contributed by atoms with Crippen LogP contribution >= 0.6 is 11.6 Å². The Labute approximate surface area is 139 Å². The normalized spacial score (nSPS) is 10.5. The quantitative estimate of drug-likeness (QED) is 0.661. The van der Waals surface area contributed by atoms with Crippen LogP contribution in [-0.4, -0.2) is 15.8 Å². The van der Waals surface area contributed by atoms with Crippen LogP contribution in [0.25, 0.3) is 0 Å².